The molecule has 1 aliphatic rings. The Labute approximate surface area is 114 Å². The molecule has 4 heteroatoms. The van der Waals surface area contributed by atoms with E-state index in [0.29, 0.717) is 6.42 Å². The van der Waals surface area contributed by atoms with Gasteiger partial charge in [0.15, 0.2) is 0 Å². The van der Waals surface area contributed by atoms with E-state index in [9.17, 15) is 4.79 Å². The second-order valence-electron chi connectivity index (χ2n) is 5.46. The number of hydrogen-bond donors (Lipinski definition) is 1. The van der Waals surface area contributed by atoms with E-state index >= 15 is 0 Å². The number of aryl methyl sites for hydroxylation is 1. The van der Waals surface area contributed by atoms with Gasteiger partial charge in [-0.05, 0) is 33.1 Å². The average Bonchev–Trinajstić information content (AvgIpc) is 2.80. The van der Waals surface area contributed by atoms with Crippen molar-refractivity contribution in [2.75, 3.05) is 7.11 Å². The second-order valence-corrected chi connectivity index (χ2v) is 5.46. The van der Waals surface area contributed by atoms with Crippen LogP contribution in [0.5, 0.6) is 5.75 Å². The molecule has 1 heterocycles. The lowest BCUT2D eigenvalue weighted by Gasteiger charge is -2.13. The van der Waals surface area contributed by atoms with Crippen molar-refractivity contribution in [2.24, 2.45) is 11.7 Å². The summed E-state index contributed by atoms with van der Waals surface area (Å²) in [7, 11) is 1.65. The number of ketones is 1. The van der Waals surface area contributed by atoms with E-state index in [2.05, 4.69) is 4.98 Å². The highest BCUT2D eigenvalue weighted by Crippen LogP contribution is 2.28. The molecule has 1 aromatic heterocycles. The van der Waals surface area contributed by atoms with Crippen LogP contribution in [0.4, 0.5) is 0 Å². The van der Waals surface area contributed by atoms with E-state index in [0.717, 1.165) is 41.8 Å². The first kappa shape index (κ1) is 14.0. The van der Waals surface area contributed by atoms with Crippen LogP contribution in [-0.2, 0) is 11.2 Å². The highest BCUT2D eigenvalue weighted by Gasteiger charge is 2.28. The molecule has 19 heavy (non-hydrogen) atoms. The first-order valence-electron chi connectivity index (χ1n) is 6.80. The standard InChI is InChI=1S/C15H22N2O2/c1-9-8-17-13(10(2)15(9)19-3)7-14(18)11-4-5-12(16)6-11/h8,11-12H,4-7,16H2,1-3H3. The smallest absolute Gasteiger partial charge is 0.141 e. The Bertz CT molecular complexity index is 485. The maximum absolute atomic E-state index is 12.3. The number of Topliss-reactive ketones (excluding diaryl/α,β-unsaturated/α-hetero) is 1. The summed E-state index contributed by atoms with van der Waals surface area (Å²) in [4.78, 5) is 16.6. The second kappa shape index (κ2) is 5.70. The number of pyridine rings is 1. The van der Waals surface area contributed by atoms with E-state index in [1.54, 1.807) is 13.3 Å². The van der Waals surface area contributed by atoms with Crippen LogP contribution < -0.4 is 10.5 Å². The Morgan fingerprint density at radius 3 is 2.79 bits per heavy atom. The van der Waals surface area contributed by atoms with Crippen molar-refractivity contribution in [2.45, 2.75) is 45.6 Å². The Morgan fingerprint density at radius 1 is 1.47 bits per heavy atom. The Kier molecular flexibility index (Phi) is 4.20. The molecule has 4 nitrogen and oxygen atoms in total. The van der Waals surface area contributed by atoms with Gasteiger partial charge in [0.05, 0.1) is 12.8 Å². The Hall–Kier alpha value is -1.42. The lowest BCUT2D eigenvalue weighted by atomic mass is 9.96. The number of rotatable bonds is 4. The van der Waals surface area contributed by atoms with E-state index in [-0.39, 0.29) is 17.7 Å². The summed E-state index contributed by atoms with van der Waals surface area (Å²) in [6, 6.07) is 0.190. The van der Waals surface area contributed by atoms with Gasteiger partial charge in [0.2, 0.25) is 0 Å². The van der Waals surface area contributed by atoms with Gasteiger partial charge in [-0.2, -0.15) is 0 Å². The summed E-state index contributed by atoms with van der Waals surface area (Å²) >= 11 is 0. The van der Waals surface area contributed by atoms with Crippen LogP contribution in [0.2, 0.25) is 0 Å². The maximum atomic E-state index is 12.3. The summed E-state index contributed by atoms with van der Waals surface area (Å²) in [5.41, 5.74) is 8.66. The third-order valence-electron chi connectivity index (χ3n) is 4.02. The van der Waals surface area contributed by atoms with Crippen molar-refractivity contribution >= 4 is 5.78 Å². The molecule has 0 spiro atoms. The Morgan fingerprint density at radius 2 is 2.21 bits per heavy atom. The zero-order chi connectivity index (χ0) is 14.0. The molecule has 104 valence electrons. The molecule has 1 aliphatic carbocycles. The van der Waals surface area contributed by atoms with Gasteiger partial charge in [0, 0.05) is 35.7 Å². The molecule has 0 radical (unpaired) electrons. The topological polar surface area (TPSA) is 65.2 Å². The molecule has 2 unspecified atom stereocenters. The molecule has 1 fully saturated rings. The summed E-state index contributed by atoms with van der Waals surface area (Å²) in [6.45, 7) is 3.92. The summed E-state index contributed by atoms with van der Waals surface area (Å²) in [5.74, 6) is 1.21. The van der Waals surface area contributed by atoms with Crippen molar-refractivity contribution in [1.29, 1.82) is 0 Å². The Balaban J connectivity index is 2.13. The van der Waals surface area contributed by atoms with Gasteiger partial charge in [-0.1, -0.05) is 0 Å². The fourth-order valence-corrected chi connectivity index (χ4v) is 2.87. The van der Waals surface area contributed by atoms with E-state index in [1.165, 1.54) is 0 Å². The molecule has 0 aromatic carbocycles. The van der Waals surface area contributed by atoms with E-state index in [4.69, 9.17) is 10.5 Å². The maximum Gasteiger partial charge on any atom is 0.141 e. The first-order valence-corrected chi connectivity index (χ1v) is 6.80. The summed E-state index contributed by atoms with van der Waals surface area (Å²) < 4.78 is 5.37. The third-order valence-corrected chi connectivity index (χ3v) is 4.02. The minimum Gasteiger partial charge on any atom is -0.496 e. The van der Waals surface area contributed by atoms with Crippen molar-refractivity contribution in [3.05, 3.63) is 23.0 Å². The molecule has 1 aromatic rings. The van der Waals surface area contributed by atoms with Crippen LogP contribution >= 0.6 is 0 Å². The predicted molar refractivity (Wildman–Crippen MR) is 74.3 cm³/mol. The lowest BCUT2D eigenvalue weighted by molar-refractivity contribution is -0.122. The lowest BCUT2D eigenvalue weighted by Crippen LogP contribution is -2.20. The van der Waals surface area contributed by atoms with Crippen LogP contribution in [0.25, 0.3) is 0 Å². The molecule has 2 rings (SSSR count). The van der Waals surface area contributed by atoms with Gasteiger partial charge in [-0.3, -0.25) is 9.78 Å². The number of ether oxygens (including phenoxy) is 1. The van der Waals surface area contributed by atoms with Crippen LogP contribution in [0.1, 0.15) is 36.1 Å². The largest absolute Gasteiger partial charge is 0.496 e. The molecule has 0 saturated heterocycles. The molecular weight excluding hydrogens is 240 g/mol. The highest BCUT2D eigenvalue weighted by atomic mass is 16.5. The van der Waals surface area contributed by atoms with Gasteiger partial charge >= 0.3 is 0 Å². The molecule has 2 atom stereocenters. The predicted octanol–water partition coefficient (Wildman–Crippen LogP) is 1.95. The molecule has 0 amide bonds. The third kappa shape index (κ3) is 2.95. The number of carbonyl (C=O) groups is 1. The van der Waals surface area contributed by atoms with Crippen molar-refractivity contribution in [3.63, 3.8) is 0 Å². The van der Waals surface area contributed by atoms with Gasteiger partial charge in [0.25, 0.3) is 0 Å². The van der Waals surface area contributed by atoms with Crippen molar-refractivity contribution in [3.8, 4) is 5.75 Å². The SMILES string of the molecule is COc1c(C)cnc(CC(=O)C2CCC(N)C2)c1C. The molecule has 1 saturated carbocycles. The minimum atomic E-state index is 0.114. The highest BCUT2D eigenvalue weighted by molar-refractivity contribution is 5.83. The number of hydrogen-bond acceptors (Lipinski definition) is 4. The van der Waals surface area contributed by atoms with Crippen LogP contribution in [0, 0.1) is 19.8 Å². The zero-order valence-electron chi connectivity index (χ0n) is 11.9. The first-order chi connectivity index (χ1) is 9.02. The summed E-state index contributed by atoms with van der Waals surface area (Å²) in [5, 5.41) is 0. The van der Waals surface area contributed by atoms with Crippen molar-refractivity contribution < 1.29 is 9.53 Å². The summed E-state index contributed by atoms with van der Waals surface area (Å²) in [6.07, 6.45) is 4.86. The monoisotopic (exact) mass is 262 g/mol. The molecule has 0 aliphatic heterocycles. The quantitative estimate of drug-likeness (QED) is 0.900. The number of nitrogens with two attached hydrogens (primary N) is 1. The number of carbonyl (C=O) groups excluding carboxylic acids is 1. The number of nitrogens with zero attached hydrogens (tertiary/aromatic N) is 1. The van der Waals surface area contributed by atoms with E-state index in [1.807, 2.05) is 13.8 Å². The molecule has 2 N–H and O–H groups in total. The number of methoxy groups -OCH3 is 1. The molecular formula is C15H22N2O2. The van der Waals surface area contributed by atoms with Crippen LogP contribution in [0.15, 0.2) is 6.20 Å². The van der Waals surface area contributed by atoms with Gasteiger partial charge in [0.1, 0.15) is 11.5 Å². The van der Waals surface area contributed by atoms with Gasteiger partial charge in [-0.15, -0.1) is 0 Å². The normalized spacial score (nSPS) is 22.5. The van der Waals surface area contributed by atoms with Gasteiger partial charge in [-0.25, -0.2) is 0 Å². The number of aromatic nitrogens is 1. The fraction of sp³-hybridized carbons (Fsp3) is 0.600. The zero-order valence-corrected chi connectivity index (χ0v) is 11.9. The van der Waals surface area contributed by atoms with Crippen LogP contribution in [-0.4, -0.2) is 23.9 Å². The van der Waals surface area contributed by atoms with Crippen LogP contribution in [0.3, 0.4) is 0 Å². The molecule has 0 bridgehead atoms. The fourth-order valence-electron chi connectivity index (χ4n) is 2.87. The van der Waals surface area contributed by atoms with E-state index < -0.39 is 0 Å². The van der Waals surface area contributed by atoms with Gasteiger partial charge < -0.3 is 10.5 Å². The minimum absolute atomic E-state index is 0.114. The van der Waals surface area contributed by atoms with Crippen molar-refractivity contribution in [1.82, 2.24) is 4.98 Å². The average molecular weight is 262 g/mol.